The largest absolute Gasteiger partial charge is 0.337 e. The van der Waals surface area contributed by atoms with E-state index in [0.717, 1.165) is 56.9 Å². The van der Waals surface area contributed by atoms with Crippen molar-refractivity contribution in [2.75, 3.05) is 39.3 Å². The molecule has 5 rings (SSSR count). The third kappa shape index (κ3) is 3.06. The van der Waals surface area contributed by atoms with Crippen molar-refractivity contribution in [2.24, 2.45) is 0 Å². The Kier molecular flexibility index (Phi) is 4.54. The lowest BCUT2D eigenvalue weighted by molar-refractivity contribution is 0.0775. The van der Waals surface area contributed by atoms with Gasteiger partial charge in [-0.1, -0.05) is 30.3 Å². The Labute approximate surface area is 164 Å². The summed E-state index contributed by atoms with van der Waals surface area (Å²) in [7, 11) is 0. The number of hydrogen-bond donors (Lipinski definition) is 1. The van der Waals surface area contributed by atoms with E-state index in [4.69, 9.17) is 0 Å². The second-order valence-corrected chi connectivity index (χ2v) is 7.47. The Hall–Kier alpha value is -2.77. The van der Waals surface area contributed by atoms with Crippen LogP contribution >= 0.6 is 0 Å². The van der Waals surface area contributed by atoms with Gasteiger partial charge in [0, 0.05) is 57.1 Å². The van der Waals surface area contributed by atoms with E-state index >= 15 is 0 Å². The number of amides is 1. The van der Waals surface area contributed by atoms with Gasteiger partial charge in [-0.15, -0.1) is 0 Å². The van der Waals surface area contributed by atoms with Crippen LogP contribution in [0.2, 0.25) is 0 Å². The van der Waals surface area contributed by atoms with Gasteiger partial charge in [-0.05, 0) is 12.5 Å². The Bertz CT molecular complexity index is 979. The Balaban J connectivity index is 1.40. The average Bonchev–Trinajstić information content (AvgIpc) is 3.42. The summed E-state index contributed by atoms with van der Waals surface area (Å²) in [5, 5.41) is 7.88. The summed E-state index contributed by atoms with van der Waals surface area (Å²) < 4.78 is 1.77. The molecule has 7 heteroatoms. The van der Waals surface area contributed by atoms with Gasteiger partial charge < -0.3 is 10.2 Å². The molecular weight excluding hydrogens is 352 g/mol. The fraction of sp³-hybridized carbons (Fsp3) is 0.381. The van der Waals surface area contributed by atoms with Crippen LogP contribution in [-0.4, -0.2) is 75.6 Å². The fourth-order valence-corrected chi connectivity index (χ4v) is 4.31. The number of benzene rings is 1. The van der Waals surface area contributed by atoms with Crippen molar-refractivity contribution in [3.05, 3.63) is 54.4 Å². The minimum absolute atomic E-state index is 0.0327. The lowest BCUT2D eigenvalue weighted by atomic mass is 10.1. The third-order valence-electron chi connectivity index (χ3n) is 5.82. The van der Waals surface area contributed by atoms with Gasteiger partial charge in [0.1, 0.15) is 5.56 Å². The first-order chi connectivity index (χ1) is 13.8. The molecule has 0 saturated carbocycles. The molecule has 0 bridgehead atoms. The molecule has 1 aromatic carbocycles. The zero-order chi connectivity index (χ0) is 18.9. The van der Waals surface area contributed by atoms with E-state index in [1.807, 2.05) is 41.3 Å². The summed E-state index contributed by atoms with van der Waals surface area (Å²) in [5.41, 5.74) is 3.19. The summed E-state index contributed by atoms with van der Waals surface area (Å²) in [5.74, 6) is 0.0327. The quantitative estimate of drug-likeness (QED) is 0.751. The molecule has 1 atom stereocenters. The van der Waals surface area contributed by atoms with Gasteiger partial charge in [0.05, 0.1) is 11.9 Å². The minimum Gasteiger partial charge on any atom is -0.337 e. The van der Waals surface area contributed by atoms with E-state index in [-0.39, 0.29) is 5.91 Å². The zero-order valence-electron chi connectivity index (χ0n) is 15.8. The van der Waals surface area contributed by atoms with Crippen LogP contribution in [0, 0.1) is 0 Å². The summed E-state index contributed by atoms with van der Waals surface area (Å²) in [6.45, 7) is 5.77. The molecule has 2 aromatic heterocycles. The minimum atomic E-state index is 0.0327. The van der Waals surface area contributed by atoms with E-state index < -0.39 is 0 Å². The molecule has 2 fully saturated rings. The number of likely N-dealkylation sites (tertiary alicyclic amines) is 1. The number of rotatable bonds is 3. The smallest absolute Gasteiger partial charge is 0.259 e. The first-order valence-corrected chi connectivity index (χ1v) is 9.93. The van der Waals surface area contributed by atoms with Gasteiger partial charge in [-0.2, -0.15) is 5.10 Å². The lowest BCUT2D eigenvalue weighted by Crippen LogP contribution is -2.49. The molecule has 1 N–H and O–H groups in total. The first-order valence-electron chi connectivity index (χ1n) is 9.93. The molecule has 4 heterocycles. The van der Waals surface area contributed by atoms with E-state index in [9.17, 15) is 4.79 Å². The molecule has 0 aliphatic carbocycles. The normalized spacial score (nSPS) is 20.7. The lowest BCUT2D eigenvalue weighted by Gasteiger charge is -2.32. The molecule has 3 aromatic rings. The third-order valence-corrected chi connectivity index (χ3v) is 5.82. The van der Waals surface area contributed by atoms with Gasteiger partial charge in [-0.25, -0.2) is 9.50 Å². The zero-order valence-corrected chi connectivity index (χ0v) is 15.8. The standard InChI is InChI=1S/C21H24N6O/c28-21(26-11-7-17(15-26)25-12-9-22-10-13-25)18-14-24-27-19(6-8-23-20(18)27)16-4-2-1-3-5-16/h1-6,8,14,17,22H,7,9-13,15H2. The number of hydrogen-bond acceptors (Lipinski definition) is 5. The average molecular weight is 376 g/mol. The van der Waals surface area contributed by atoms with Crippen molar-refractivity contribution < 1.29 is 4.79 Å². The highest BCUT2D eigenvalue weighted by Gasteiger charge is 2.32. The van der Waals surface area contributed by atoms with Gasteiger partial charge in [-0.3, -0.25) is 9.69 Å². The van der Waals surface area contributed by atoms with Crippen LogP contribution < -0.4 is 5.32 Å². The second-order valence-electron chi connectivity index (χ2n) is 7.47. The van der Waals surface area contributed by atoms with E-state index in [1.54, 1.807) is 16.9 Å². The monoisotopic (exact) mass is 376 g/mol. The molecule has 7 nitrogen and oxygen atoms in total. The molecule has 28 heavy (non-hydrogen) atoms. The first kappa shape index (κ1) is 17.3. The van der Waals surface area contributed by atoms with Crippen LogP contribution in [0.25, 0.3) is 16.9 Å². The van der Waals surface area contributed by atoms with Gasteiger partial charge in [0.25, 0.3) is 5.91 Å². The number of fused-ring (bicyclic) bond motifs is 1. The van der Waals surface area contributed by atoms with Crippen LogP contribution in [0.15, 0.2) is 48.8 Å². The Morgan fingerprint density at radius 3 is 2.71 bits per heavy atom. The van der Waals surface area contributed by atoms with Gasteiger partial charge in [0.15, 0.2) is 5.65 Å². The van der Waals surface area contributed by atoms with Crippen LogP contribution in [-0.2, 0) is 0 Å². The highest BCUT2D eigenvalue weighted by atomic mass is 16.2. The molecule has 1 amide bonds. The van der Waals surface area contributed by atoms with Crippen LogP contribution in [0.1, 0.15) is 16.8 Å². The molecular formula is C21H24N6O. The van der Waals surface area contributed by atoms with Crippen LogP contribution in [0.3, 0.4) is 0 Å². The second kappa shape index (κ2) is 7.33. The van der Waals surface area contributed by atoms with Gasteiger partial charge in [0.2, 0.25) is 0 Å². The van der Waals surface area contributed by atoms with Crippen molar-refractivity contribution in [1.82, 2.24) is 29.7 Å². The molecule has 1 unspecified atom stereocenters. The summed E-state index contributed by atoms with van der Waals surface area (Å²) >= 11 is 0. The predicted molar refractivity (Wildman–Crippen MR) is 107 cm³/mol. The Morgan fingerprint density at radius 1 is 1.07 bits per heavy atom. The van der Waals surface area contributed by atoms with E-state index in [2.05, 4.69) is 20.3 Å². The maximum atomic E-state index is 13.2. The van der Waals surface area contributed by atoms with Crippen molar-refractivity contribution in [2.45, 2.75) is 12.5 Å². The molecule has 2 aliphatic heterocycles. The van der Waals surface area contributed by atoms with E-state index in [0.29, 0.717) is 17.3 Å². The maximum absolute atomic E-state index is 13.2. The molecule has 0 radical (unpaired) electrons. The van der Waals surface area contributed by atoms with Crippen LogP contribution in [0.4, 0.5) is 0 Å². The number of aromatic nitrogens is 3. The number of nitrogens with one attached hydrogen (secondary N) is 1. The molecule has 2 aliphatic rings. The number of nitrogens with zero attached hydrogens (tertiary/aromatic N) is 5. The highest BCUT2D eigenvalue weighted by molar-refractivity contribution is 6.00. The predicted octanol–water partition coefficient (Wildman–Crippen LogP) is 1.52. The number of piperazine rings is 1. The topological polar surface area (TPSA) is 65.8 Å². The Morgan fingerprint density at radius 2 is 1.89 bits per heavy atom. The molecule has 0 spiro atoms. The SMILES string of the molecule is O=C(c1cnn2c(-c3ccccc3)ccnc12)N1CCC(N2CCNCC2)C1. The van der Waals surface area contributed by atoms with Crippen LogP contribution in [0.5, 0.6) is 0 Å². The number of carbonyl (C=O) groups is 1. The fourth-order valence-electron chi connectivity index (χ4n) is 4.31. The van der Waals surface area contributed by atoms with Crippen molar-refractivity contribution in [3.8, 4) is 11.3 Å². The number of carbonyl (C=O) groups excluding carboxylic acids is 1. The summed E-state index contributed by atoms with van der Waals surface area (Å²) in [6, 6.07) is 12.4. The summed E-state index contributed by atoms with van der Waals surface area (Å²) in [6.07, 6.45) is 4.45. The molecule has 2 saturated heterocycles. The van der Waals surface area contributed by atoms with Crippen molar-refractivity contribution in [3.63, 3.8) is 0 Å². The summed E-state index contributed by atoms with van der Waals surface area (Å²) in [4.78, 5) is 22.1. The maximum Gasteiger partial charge on any atom is 0.259 e. The molecule has 144 valence electrons. The van der Waals surface area contributed by atoms with Crippen molar-refractivity contribution in [1.29, 1.82) is 0 Å². The highest BCUT2D eigenvalue weighted by Crippen LogP contribution is 2.23. The van der Waals surface area contributed by atoms with Gasteiger partial charge >= 0.3 is 0 Å². The van der Waals surface area contributed by atoms with E-state index in [1.165, 1.54) is 0 Å². The van der Waals surface area contributed by atoms with Crippen molar-refractivity contribution >= 4 is 11.6 Å².